The number of hydrogen-bond acceptors (Lipinski definition) is 7. The smallest absolute Gasteiger partial charge is 0.351 e. The Morgan fingerprint density at radius 2 is 1.93 bits per heavy atom. The number of amides is 1. The topological polar surface area (TPSA) is 113 Å². The van der Waals surface area contributed by atoms with Crippen LogP contribution in [0.2, 0.25) is 0 Å². The lowest BCUT2D eigenvalue weighted by Crippen LogP contribution is -2.35. The van der Waals surface area contributed by atoms with Crippen molar-refractivity contribution in [3.8, 4) is 0 Å². The second-order valence-electron chi connectivity index (χ2n) is 6.41. The lowest BCUT2D eigenvalue weighted by atomic mass is 9.99. The van der Waals surface area contributed by atoms with E-state index < -0.39 is 10.8 Å². The van der Waals surface area contributed by atoms with E-state index >= 15 is 0 Å². The van der Waals surface area contributed by atoms with Gasteiger partial charge in [0.25, 0.3) is 5.91 Å². The van der Waals surface area contributed by atoms with Gasteiger partial charge in [-0.3, -0.25) is 25.8 Å². The lowest BCUT2D eigenvalue weighted by Gasteiger charge is -2.30. The van der Waals surface area contributed by atoms with E-state index in [1.165, 1.54) is 6.33 Å². The van der Waals surface area contributed by atoms with Crippen LogP contribution in [0.4, 0.5) is 17.3 Å². The van der Waals surface area contributed by atoms with Crippen LogP contribution < -0.4 is 15.8 Å². The highest BCUT2D eigenvalue weighted by molar-refractivity contribution is 9.10. The number of halogens is 1. The zero-order valence-electron chi connectivity index (χ0n) is 14.7. The predicted octanol–water partition coefficient (Wildman–Crippen LogP) is 3.14. The van der Waals surface area contributed by atoms with Crippen LogP contribution in [-0.2, 0) is 0 Å². The summed E-state index contributed by atoms with van der Waals surface area (Å²) in [5.74, 6) is 0.380. The third-order valence-corrected chi connectivity index (χ3v) is 5.00. The number of nitrogens with one attached hydrogen (secondary N) is 2. The quantitative estimate of drug-likeness (QED) is 0.548. The maximum atomic E-state index is 12.2. The van der Waals surface area contributed by atoms with Crippen LogP contribution in [-0.4, -0.2) is 33.9 Å². The number of hydrogen-bond donors (Lipinski definition) is 2. The zero-order chi connectivity index (χ0) is 19.4. The summed E-state index contributed by atoms with van der Waals surface area (Å²) in [7, 11) is 0. The van der Waals surface area contributed by atoms with Gasteiger partial charge in [-0.25, -0.2) is 9.97 Å². The summed E-state index contributed by atoms with van der Waals surface area (Å²) in [5, 5.41) is 11.6. The van der Waals surface area contributed by atoms with E-state index in [2.05, 4.69) is 43.7 Å². The molecule has 2 aromatic rings. The molecule has 1 aromatic heterocycles. The summed E-state index contributed by atoms with van der Waals surface area (Å²) in [6.45, 7) is 3.56. The van der Waals surface area contributed by atoms with Crippen molar-refractivity contribution < 1.29 is 9.72 Å². The first kappa shape index (κ1) is 19.0. The fourth-order valence-electron chi connectivity index (χ4n) is 2.87. The van der Waals surface area contributed by atoms with Gasteiger partial charge in [-0.05, 0) is 43.0 Å². The third kappa shape index (κ3) is 4.51. The summed E-state index contributed by atoms with van der Waals surface area (Å²) in [6, 6.07) is 6.74. The van der Waals surface area contributed by atoms with Gasteiger partial charge >= 0.3 is 5.69 Å². The predicted molar refractivity (Wildman–Crippen MR) is 105 cm³/mol. The molecule has 1 amide bonds. The molecule has 142 valence electrons. The fourth-order valence-corrected chi connectivity index (χ4v) is 3.13. The highest BCUT2D eigenvalue weighted by atomic mass is 79.9. The molecule has 0 spiro atoms. The van der Waals surface area contributed by atoms with Crippen molar-refractivity contribution in [1.82, 2.24) is 15.4 Å². The average Bonchev–Trinajstić information content (AvgIpc) is 2.66. The number of piperidine rings is 1. The number of carbonyl (C=O) groups excluding carboxylic acids is 1. The van der Waals surface area contributed by atoms with E-state index in [4.69, 9.17) is 0 Å². The third-order valence-electron chi connectivity index (χ3n) is 4.47. The Balaban J connectivity index is 1.78. The largest absolute Gasteiger partial charge is 0.355 e. The Hall–Kier alpha value is -2.75. The molecular weight excluding hydrogens is 416 g/mol. The molecule has 1 saturated heterocycles. The second kappa shape index (κ2) is 8.30. The molecule has 0 bridgehead atoms. The summed E-state index contributed by atoms with van der Waals surface area (Å²) in [5.41, 5.74) is 5.18. The van der Waals surface area contributed by atoms with Crippen LogP contribution >= 0.6 is 15.9 Å². The summed E-state index contributed by atoms with van der Waals surface area (Å²) in [6.07, 6.45) is 3.16. The van der Waals surface area contributed by atoms with Gasteiger partial charge in [0.2, 0.25) is 11.6 Å². The van der Waals surface area contributed by atoms with Crippen LogP contribution in [0.3, 0.4) is 0 Å². The number of rotatable bonds is 5. The van der Waals surface area contributed by atoms with Gasteiger partial charge in [0, 0.05) is 23.1 Å². The van der Waals surface area contributed by atoms with Gasteiger partial charge in [0.1, 0.15) is 6.33 Å². The Bertz CT molecular complexity index is 837. The van der Waals surface area contributed by atoms with Crippen molar-refractivity contribution in [2.45, 2.75) is 19.8 Å². The Labute approximate surface area is 164 Å². The molecule has 0 radical (unpaired) electrons. The molecule has 27 heavy (non-hydrogen) atoms. The number of hydrazine groups is 1. The zero-order valence-corrected chi connectivity index (χ0v) is 16.3. The van der Waals surface area contributed by atoms with Gasteiger partial charge < -0.3 is 4.90 Å². The van der Waals surface area contributed by atoms with Gasteiger partial charge in [0.05, 0.1) is 4.92 Å². The van der Waals surface area contributed by atoms with Gasteiger partial charge in [-0.15, -0.1) is 0 Å². The van der Waals surface area contributed by atoms with Crippen molar-refractivity contribution in [1.29, 1.82) is 0 Å². The second-order valence-corrected chi connectivity index (χ2v) is 7.32. The van der Waals surface area contributed by atoms with E-state index in [-0.39, 0.29) is 17.3 Å². The highest BCUT2D eigenvalue weighted by Gasteiger charge is 2.29. The highest BCUT2D eigenvalue weighted by Crippen LogP contribution is 2.33. The van der Waals surface area contributed by atoms with Crippen molar-refractivity contribution in [2.24, 2.45) is 5.92 Å². The molecule has 1 aliphatic heterocycles. The van der Waals surface area contributed by atoms with Gasteiger partial charge in [-0.2, -0.15) is 0 Å². The number of benzene rings is 1. The number of anilines is 2. The Kier molecular flexibility index (Phi) is 5.84. The molecule has 2 heterocycles. The monoisotopic (exact) mass is 434 g/mol. The summed E-state index contributed by atoms with van der Waals surface area (Å²) in [4.78, 5) is 33.3. The lowest BCUT2D eigenvalue weighted by molar-refractivity contribution is -0.383. The number of nitrogens with zero attached hydrogens (tertiary/aromatic N) is 4. The average molecular weight is 435 g/mol. The SMILES string of the molecule is CC1CCN(c2ncnc(NNC(=O)c3ccc(Br)cc3)c2[N+](=O)[O-])CC1. The van der Waals surface area contributed by atoms with Crippen molar-refractivity contribution in [2.75, 3.05) is 23.4 Å². The maximum Gasteiger partial charge on any atom is 0.355 e. The van der Waals surface area contributed by atoms with E-state index in [1.54, 1.807) is 24.3 Å². The fraction of sp³-hybridized carbons (Fsp3) is 0.353. The summed E-state index contributed by atoms with van der Waals surface area (Å²) >= 11 is 3.30. The minimum atomic E-state index is -0.526. The molecule has 10 heteroatoms. The molecule has 9 nitrogen and oxygen atoms in total. The molecule has 2 N–H and O–H groups in total. The van der Waals surface area contributed by atoms with Crippen molar-refractivity contribution >= 4 is 39.2 Å². The Morgan fingerprint density at radius 3 is 2.56 bits per heavy atom. The first-order valence-corrected chi connectivity index (χ1v) is 9.31. The summed E-state index contributed by atoms with van der Waals surface area (Å²) < 4.78 is 0.846. The first-order valence-electron chi connectivity index (χ1n) is 8.52. The molecule has 0 unspecified atom stereocenters. The van der Waals surface area contributed by atoms with E-state index in [9.17, 15) is 14.9 Å². The van der Waals surface area contributed by atoms with Crippen LogP contribution in [0.25, 0.3) is 0 Å². The number of carbonyl (C=O) groups is 1. The van der Waals surface area contributed by atoms with Crippen LogP contribution in [0.15, 0.2) is 35.1 Å². The van der Waals surface area contributed by atoms with Crippen LogP contribution in [0.5, 0.6) is 0 Å². The molecule has 3 rings (SSSR count). The van der Waals surface area contributed by atoms with Gasteiger partial charge in [0.15, 0.2) is 0 Å². The molecule has 1 fully saturated rings. The first-order chi connectivity index (χ1) is 13.0. The molecule has 1 aromatic carbocycles. The standard InChI is InChI=1S/C17H19BrN6O3/c1-11-6-8-23(9-7-11)16-14(24(26)27)15(19-10-20-16)21-22-17(25)12-2-4-13(18)5-3-12/h2-5,10-11H,6-9H2,1H3,(H,22,25)(H,19,20,21). The molecule has 0 aliphatic carbocycles. The van der Waals surface area contributed by atoms with E-state index in [0.29, 0.717) is 24.6 Å². The maximum absolute atomic E-state index is 12.2. The molecule has 0 atom stereocenters. The molecule has 1 aliphatic rings. The van der Waals surface area contributed by atoms with Gasteiger partial charge in [-0.1, -0.05) is 22.9 Å². The van der Waals surface area contributed by atoms with Crippen molar-refractivity contribution in [3.63, 3.8) is 0 Å². The minimum Gasteiger partial charge on any atom is -0.351 e. The number of aromatic nitrogens is 2. The molecule has 0 saturated carbocycles. The van der Waals surface area contributed by atoms with Crippen LogP contribution in [0.1, 0.15) is 30.1 Å². The number of nitro groups is 1. The minimum absolute atomic E-state index is 0.0471. The normalized spacial score (nSPS) is 14.7. The van der Waals surface area contributed by atoms with Crippen LogP contribution in [0, 0.1) is 16.0 Å². The van der Waals surface area contributed by atoms with E-state index in [0.717, 1.165) is 17.3 Å². The molecular formula is C17H19BrN6O3. The van der Waals surface area contributed by atoms with Crippen molar-refractivity contribution in [3.05, 3.63) is 50.7 Å². The Morgan fingerprint density at radius 1 is 1.26 bits per heavy atom. The van der Waals surface area contributed by atoms with E-state index in [1.807, 2.05) is 4.90 Å².